The van der Waals surface area contributed by atoms with Crippen LogP contribution in [0.1, 0.15) is 32.4 Å². The molecule has 1 rings (SSSR count). The largest absolute Gasteiger partial charge is 0.389 e. The van der Waals surface area contributed by atoms with Gasteiger partial charge >= 0.3 is 0 Å². The van der Waals surface area contributed by atoms with Crippen LogP contribution in [0.25, 0.3) is 0 Å². The van der Waals surface area contributed by atoms with Crippen molar-refractivity contribution in [2.45, 2.75) is 32.9 Å². The van der Waals surface area contributed by atoms with E-state index in [0.29, 0.717) is 6.61 Å². The SMILES string of the molecule is CCN(c1cc([C@H](C)O)ccn1)C(C)COC. The van der Waals surface area contributed by atoms with Crippen LogP contribution in [0.5, 0.6) is 0 Å². The maximum atomic E-state index is 9.57. The molecule has 0 saturated heterocycles. The Morgan fingerprint density at radius 2 is 2.18 bits per heavy atom. The van der Waals surface area contributed by atoms with Gasteiger partial charge in [-0.2, -0.15) is 0 Å². The van der Waals surface area contributed by atoms with Crippen LogP contribution >= 0.6 is 0 Å². The van der Waals surface area contributed by atoms with Crippen LogP contribution in [0.15, 0.2) is 18.3 Å². The molecule has 0 amide bonds. The van der Waals surface area contributed by atoms with Crippen molar-refractivity contribution in [2.24, 2.45) is 0 Å². The van der Waals surface area contributed by atoms with Gasteiger partial charge in [-0.25, -0.2) is 4.98 Å². The predicted molar refractivity (Wildman–Crippen MR) is 69.2 cm³/mol. The van der Waals surface area contributed by atoms with Gasteiger partial charge in [-0.3, -0.25) is 0 Å². The number of ether oxygens (including phenoxy) is 1. The predicted octanol–water partition coefficient (Wildman–Crippen LogP) is 2.00. The molecule has 0 bridgehead atoms. The molecule has 0 spiro atoms. The van der Waals surface area contributed by atoms with E-state index in [4.69, 9.17) is 4.74 Å². The Balaban J connectivity index is 2.91. The van der Waals surface area contributed by atoms with Gasteiger partial charge in [0.1, 0.15) is 5.82 Å². The fourth-order valence-electron chi connectivity index (χ4n) is 1.88. The minimum absolute atomic E-state index is 0.266. The number of pyridine rings is 1. The topological polar surface area (TPSA) is 45.6 Å². The maximum Gasteiger partial charge on any atom is 0.129 e. The number of aromatic nitrogens is 1. The molecule has 2 atom stereocenters. The molecule has 0 saturated carbocycles. The summed E-state index contributed by atoms with van der Waals surface area (Å²) in [6, 6.07) is 4.03. The fraction of sp³-hybridized carbons (Fsp3) is 0.615. The highest BCUT2D eigenvalue weighted by molar-refractivity contribution is 5.42. The third-order valence-electron chi connectivity index (χ3n) is 2.83. The molecule has 0 radical (unpaired) electrons. The van der Waals surface area contributed by atoms with Gasteiger partial charge in [0.25, 0.3) is 0 Å². The van der Waals surface area contributed by atoms with E-state index in [2.05, 4.69) is 23.7 Å². The zero-order valence-corrected chi connectivity index (χ0v) is 11.1. The monoisotopic (exact) mass is 238 g/mol. The van der Waals surface area contributed by atoms with Crippen molar-refractivity contribution in [1.29, 1.82) is 0 Å². The second-order valence-corrected chi connectivity index (χ2v) is 4.21. The molecule has 17 heavy (non-hydrogen) atoms. The van der Waals surface area contributed by atoms with E-state index in [1.807, 2.05) is 12.1 Å². The van der Waals surface area contributed by atoms with Crippen LogP contribution in [0.2, 0.25) is 0 Å². The summed E-state index contributed by atoms with van der Waals surface area (Å²) in [5.74, 6) is 0.885. The van der Waals surface area contributed by atoms with E-state index in [9.17, 15) is 5.11 Å². The van der Waals surface area contributed by atoms with E-state index in [0.717, 1.165) is 17.9 Å². The Kier molecular flexibility index (Phi) is 5.38. The molecule has 1 heterocycles. The molecule has 96 valence electrons. The molecule has 0 aliphatic heterocycles. The van der Waals surface area contributed by atoms with E-state index in [-0.39, 0.29) is 6.04 Å². The smallest absolute Gasteiger partial charge is 0.129 e. The number of rotatable bonds is 6. The van der Waals surface area contributed by atoms with Crippen LogP contribution in [-0.4, -0.2) is 36.4 Å². The molecular formula is C13H22N2O2. The first kappa shape index (κ1) is 13.9. The average molecular weight is 238 g/mol. The summed E-state index contributed by atoms with van der Waals surface area (Å²) < 4.78 is 5.17. The van der Waals surface area contributed by atoms with Crippen LogP contribution in [0.3, 0.4) is 0 Å². The number of hydrogen-bond donors (Lipinski definition) is 1. The van der Waals surface area contributed by atoms with Crippen molar-refractivity contribution in [2.75, 3.05) is 25.2 Å². The summed E-state index contributed by atoms with van der Waals surface area (Å²) in [5.41, 5.74) is 0.887. The molecule has 1 unspecified atom stereocenters. The fourth-order valence-corrected chi connectivity index (χ4v) is 1.88. The van der Waals surface area contributed by atoms with Crippen molar-refractivity contribution in [1.82, 2.24) is 4.98 Å². The number of aliphatic hydroxyl groups excluding tert-OH is 1. The van der Waals surface area contributed by atoms with Crippen molar-refractivity contribution in [3.63, 3.8) is 0 Å². The standard InChI is InChI=1S/C13H22N2O2/c1-5-15(10(2)9-17-4)13-8-12(11(3)16)6-7-14-13/h6-8,10-11,16H,5,9H2,1-4H3/t10?,11-/m0/s1. The quantitative estimate of drug-likeness (QED) is 0.823. The van der Waals surface area contributed by atoms with Gasteiger partial charge in [0.15, 0.2) is 0 Å². The lowest BCUT2D eigenvalue weighted by Crippen LogP contribution is -2.36. The second kappa shape index (κ2) is 6.57. The Hall–Kier alpha value is -1.13. The Morgan fingerprint density at radius 1 is 1.47 bits per heavy atom. The lowest BCUT2D eigenvalue weighted by molar-refractivity contribution is 0.181. The van der Waals surface area contributed by atoms with Gasteiger partial charge in [0, 0.05) is 19.9 Å². The number of methoxy groups -OCH3 is 1. The van der Waals surface area contributed by atoms with E-state index in [1.165, 1.54) is 0 Å². The molecule has 1 aromatic heterocycles. The summed E-state index contributed by atoms with van der Waals surface area (Å²) in [4.78, 5) is 6.52. The zero-order chi connectivity index (χ0) is 12.8. The number of nitrogens with zero attached hydrogens (tertiary/aromatic N) is 2. The lowest BCUT2D eigenvalue weighted by atomic mass is 10.1. The number of hydrogen-bond acceptors (Lipinski definition) is 4. The molecule has 1 aromatic rings. The average Bonchev–Trinajstić information content (AvgIpc) is 2.30. The molecule has 0 fully saturated rings. The van der Waals surface area contributed by atoms with Gasteiger partial charge in [-0.1, -0.05) is 0 Å². The molecule has 0 aliphatic carbocycles. The summed E-state index contributed by atoms with van der Waals surface area (Å²) in [6.45, 7) is 7.47. The highest BCUT2D eigenvalue weighted by Crippen LogP contribution is 2.19. The minimum Gasteiger partial charge on any atom is -0.389 e. The molecule has 1 N–H and O–H groups in total. The van der Waals surface area contributed by atoms with E-state index < -0.39 is 6.10 Å². The van der Waals surface area contributed by atoms with Gasteiger partial charge < -0.3 is 14.7 Å². The molecule has 0 aliphatic rings. The number of aliphatic hydroxyl groups is 1. The molecule has 4 nitrogen and oxygen atoms in total. The molecule has 4 heteroatoms. The highest BCUT2D eigenvalue weighted by Gasteiger charge is 2.14. The lowest BCUT2D eigenvalue weighted by Gasteiger charge is -2.29. The third kappa shape index (κ3) is 3.68. The molecule has 0 aromatic carbocycles. The highest BCUT2D eigenvalue weighted by atomic mass is 16.5. The van der Waals surface area contributed by atoms with Gasteiger partial charge in [-0.05, 0) is 38.5 Å². The van der Waals surface area contributed by atoms with Crippen molar-refractivity contribution < 1.29 is 9.84 Å². The Morgan fingerprint density at radius 3 is 2.71 bits per heavy atom. The van der Waals surface area contributed by atoms with E-state index in [1.54, 1.807) is 20.2 Å². The van der Waals surface area contributed by atoms with Crippen LogP contribution < -0.4 is 4.90 Å². The zero-order valence-electron chi connectivity index (χ0n) is 11.1. The van der Waals surface area contributed by atoms with Crippen molar-refractivity contribution in [3.05, 3.63) is 23.9 Å². The maximum absolute atomic E-state index is 9.57. The summed E-state index contributed by atoms with van der Waals surface area (Å²) >= 11 is 0. The first-order valence-corrected chi connectivity index (χ1v) is 5.99. The van der Waals surface area contributed by atoms with Gasteiger partial charge in [0.2, 0.25) is 0 Å². The Bertz CT molecular complexity index is 342. The summed E-state index contributed by atoms with van der Waals surface area (Å²) in [6.07, 6.45) is 1.27. The van der Waals surface area contributed by atoms with E-state index >= 15 is 0 Å². The normalized spacial score (nSPS) is 14.4. The molecular weight excluding hydrogens is 216 g/mol. The van der Waals surface area contributed by atoms with Gasteiger partial charge in [0.05, 0.1) is 18.8 Å². The van der Waals surface area contributed by atoms with Crippen LogP contribution in [0.4, 0.5) is 5.82 Å². The van der Waals surface area contributed by atoms with Crippen molar-refractivity contribution in [3.8, 4) is 0 Å². The third-order valence-corrected chi connectivity index (χ3v) is 2.83. The summed E-state index contributed by atoms with van der Waals surface area (Å²) in [5, 5.41) is 9.57. The van der Waals surface area contributed by atoms with Crippen LogP contribution in [0, 0.1) is 0 Å². The first-order chi connectivity index (χ1) is 8.10. The second-order valence-electron chi connectivity index (χ2n) is 4.21. The summed E-state index contributed by atoms with van der Waals surface area (Å²) in [7, 11) is 1.70. The van der Waals surface area contributed by atoms with Crippen LogP contribution in [-0.2, 0) is 4.74 Å². The van der Waals surface area contributed by atoms with Crippen molar-refractivity contribution >= 4 is 5.82 Å². The number of anilines is 1. The minimum atomic E-state index is -0.465. The van der Waals surface area contributed by atoms with Gasteiger partial charge in [-0.15, -0.1) is 0 Å². The Labute approximate surface area is 103 Å². The number of likely N-dealkylation sites (N-methyl/N-ethyl adjacent to an activating group) is 1. The first-order valence-electron chi connectivity index (χ1n) is 5.99.